The van der Waals surface area contributed by atoms with Crippen LogP contribution in [0, 0.1) is 0 Å². The SMILES string of the molecule is O=C1CN(c2ccc(CNC3CC3)c(Cl)c2)CCCN1. The third kappa shape index (κ3) is 3.44. The van der Waals surface area contributed by atoms with Gasteiger partial charge in [-0.1, -0.05) is 17.7 Å². The predicted octanol–water partition coefficient (Wildman–Crippen LogP) is 1.92. The van der Waals surface area contributed by atoms with Crippen LogP contribution in [0.15, 0.2) is 18.2 Å². The summed E-state index contributed by atoms with van der Waals surface area (Å²) in [5.74, 6) is 0.0816. The van der Waals surface area contributed by atoms with E-state index in [-0.39, 0.29) is 5.91 Å². The van der Waals surface area contributed by atoms with Crippen LogP contribution in [0.2, 0.25) is 5.02 Å². The lowest BCUT2D eigenvalue weighted by Gasteiger charge is -2.22. The van der Waals surface area contributed by atoms with Gasteiger partial charge >= 0.3 is 0 Å². The lowest BCUT2D eigenvalue weighted by atomic mass is 10.2. The Kier molecular flexibility index (Phi) is 4.13. The number of amides is 1. The van der Waals surface area contributed by atoms with E-state index in [1.807, 2.05) is 6.07 Å². The number of rotatable bonds is 4. The van der Waals surface area contributed by atoms with Crippen LogP contribution in [0.3, 0.4) is 0 Å². The van der Waals surface area contributed by atoms with Gasteiger partial charge in [-0.2, -0.15) is 0 Å². The summed E-state index contributed by atoms with van der Waals surface area (Å²) in [7, 11) is 0. The maximum absolute atomic E-state index is 11.6. The first kappa shape index (κ1) is 13.7. The number of benzene rings is 1. The molecule has 2 aliphatic rings. The summed E-state index contributed by atoms with van der Waals surface area (Å²) < 4.78 is 0. The summed E-state index contributed by atoms with van der Waals surface area (Å²) in [5, 5.41) is 7.13. The zero-order valence-electron chi connectivity index (χ0n) is 11.5. The van der Waals surface area contributed by atoms with E-state index < -0.39 is 0 Å². The first-order valence-electron chi connectivity index (χ1n) is 7.26. The van der Waals surface area contributed by atoms with Crippen molar-refractivity contribution in [3.8, 4) is 0 Å². The number of anilines is 1. The molecule has 0 radical (unpaired) electrons. The second kappa shape index (κ2) is 6.02. The normalized spacial score (nSPS) is 19.6. The molecule has 1 aromatic rings. The zero-order valence-corrected chi connectivity index (χ0v) is 12.2. The van der Waals surface area contributed by atoms with Crippen molar-refractivity contribution in [3.63, 3.8) is 0 Å². The van der Waals surface area contributed by atoms with E-state index in [1.54, 1.807) is 0 Å². The summed E-state index contributed by atoms with van der Waals surface area (Å²) in [4.78, 5) is 13.7. The number of nitrogens with zero attached hydrogens (tertiary/aromatic N) is 1. The summed E-state index contributed by atoms with van der Waals surface area (Å²) in [6, 6.07) is 6.79. The van der Waals surface area contributed by atoms with Crippen LogP contribution in [0.5, 0.6) is 0 Å². The molecule has 0 atom stereocenters. The molecule has 108 valence electrons. The summed E-state index contributed by atoms with van der Waals surface area (Å²) >= 11 is 6.36. The Labute approximate surface area is 124 Å². The molecule has 20 heavy (non-hydrogen) atoms. The van der Waals surface area contributed by atoms with E-state index in [0.717, 1.165) is 42.3 Å². The van der Waals surface area contributed by atoms with Gasteiger partial charge in [0, 0.05) is 36.4 Å². The number of carbonyl (C=O) groups is 1. The fourth-order valence-corrected chi connectivity index (χ4v) is 2.69. The van der Waals surface area contributed by atoms with Crippen molar-refractivity contribution in [1.82, 2.24) is 10.6 Å². The summed E-state index contributed by atoms with van der Waals surface area (Å²) in [6.45, 7) is 2.88. The monoisotopic (exact) mass is 293 g/mol. The van der Waals surface area contributed by atoms with Crippen molar-refractivity contribution >= 4 is 23.2 Å². The Morgan fingerprint density at radius 3 is 3.00 bits per heavy atom. The Morgan fingerprint density at radius 1 is 1.40 bits per heavy atom. The van der Waals surface area contributed by atoms with Gasteiger partial charge in [-0.05, 0) is 37.0 Å². The topological polar surface area (TPSA) is 44.4 Å². The largest absolute Gasteiger partial charge is 0.362 e. The smallest absolute Gasteiger partial charge is 0.239 e. The molecule has 5 heteroatoms. The lowest BCUT2D eigenvalue weighted by molar-refractivity contribution is -0.119. The molecule has 0 unspecified atom stereocenters. The van der Waals surface area contributed by atoms with Crippen molar-refractivity contribution in [3.05, 3.63) is 28.8 Å². The molecule has 1 saturated heterocycles. The molecule has 1 heterocycles. The highest BCUT2D eigenvalue weighted by Gasteiger charge is 2.21. The van der Waals surface area contributed by atoms with Crippen LogP contribution < -0.4 is 15.5 Å². The number of hydrogen-bond donors (Lipinski definition) is 2. The maximum Gasteiger partial charge on any atom is 0.239 e. The fraction of sp³-hybridized carbons (Fsp3) is 0.533. The van der Waals surface area contributed by atoms with Gasteiger partial charge in [0.15, 0.2) is 0 Å². The molecule has 4 nitrogen and oxygen atoms in total. The van der Waals surface area contributed by atoms with Gasteiger partial charge in [0.25, 0.3) is 0 Å². The minimum absolute atomic E-state index is 0.0816. The Morgan fingerprint density at radius 2 is 2.25 bits per heavy atom. The Balaban J connectivity index is 1.69. The van der Waals surface area contributed by atoms with Gasteiger partial charge in [0.1, 0.15) is 0 Å². The van der Waals surface area contributed by atoms with Crippen LogP contribution in [0.25, 0.3) is 0 Å². The summed E-state index contributed by atoms with van der Waals surface area (Å²) in [6.07, 6.45) is 3.52. The number of hydrogen-bond acceptors (Lipinski definition) is 3. The van der Waals surface area contributed by atoms with E-state index >= 15 is 0 Å². The van der Waals surface area contributed by atoms with Crippen LogP contribution >= 0.6 is 11.6 Å². The predicted molar refractivity (Wildman–Crippen MR) is 81.2 cm³/mol. The van der Waals surface area contributed by atoms with Crippen LogP contribution in [-0.4, -0.2) is 31.6 Å². The van der Waals surface area contributed by atoms with Gasteiger partial charge in [-0.15, -0.1) is 0 Å². The van der Waals surface area contributed by atoms with Crippen molar-refractivity contribution < 1.29 is 4.79 Å². The average Bonchev–Trinajstić information content (AvgIpc) is 3.25. The first-order valence-corrected chi connectivity index (χ1v) is 7.63. The standard InChI is InChI=1S/C15H20ClN3O/c16-14-8-13(19-7-1-6-17-15(20)10-19)5-2-11(14)9-18-12-3-4-12/h2,5,8,12,18H,1,3-4,6-7,9-10H2,(H,17,20). The van der Waals surface area contributed by atoms with E-state index in [0.29, 0.717) is 12.6 Å². The quantitative estimate of drug-likeness (QED) is 0.891. The van der Waals surface area contributed by atoms with Crippen molar-refractivity contribution in [2.75, 3.05) is 24.5 Å². The molecule has 0 spiro atoms. The third-order valence-corrected chi connectivity index (χ3v) is 4.17. The van der Waals surface area contributed by atoms with Crippen LogP contribution in [0.4, 0.5) is 5.69 Å². The Hall–Kier alpha value is -1.26. The third-order valence-electron chi connectivity index (χ3n) is 3.82. The molecule has 1 amide bonds. The molecule has 0 bridgehead atoms. The molecular weight excluding hydrogens is 274 g/mol. The minimum Gasteiger partial charge on any atom is -0.362 e. The van der Waals surface area contributed by atoms with Gasteiger partial charge in [0.2, 0.25) is 5.91 Å². The number of nitrogens with one attached hydrogen (secondary N) is 2. The van der Waals surface area contributed by atoms with Crippen LogP contribution in [-0.2, 0) is 11.3 Å². The van der Waals surface area contributed by atoms with E-state index in [2.05, 4.69) is 27.7 Å². The highest BCUT2D eigenvalue weighted by molar-refractivity contribution is 6.31. The molecule has 1 aromatic carbocycles. The number of halogens is 1. The van der Waals surface area contributed by atoms with Crippen molar-refractivity contribution in [1.29, 1.82) is 0 Å². The second-order valence-electron chi connectivity index (χ2n) is 5.56. The molecule has 0 aromatic heterocycles. The molecule has 1 aliphatic heterocycles. The van der Waals surface area contributed by atoms with E-state index in [1.165, 1.54) is 12.8 Å². The van der Waals surface area contributed by atoms with Crippen LogP contribution in [0.1, 0.15) is 24.8 Å². The minimum atomic E-state index is 0.0816. The van der Waals surface area contributed by atoms with Crippen molar-refractivity contribution in [2.45, 2.75) is 31.8 Å². The first-order chi connectivity index (χ1) is 9.72. The average molecular weight is 294 g/mol. The molecule has 1 aliphatic carbocycles. The molecule has 3 rings (SSSR count). The highest BCUT2D eigenvalue weighted by atomic mass is 35.5. The van der Waals surface area contributed by atoms with E-state index in [4.69, 9.17) is 11.6 Å². The summed E-state index contributed by atoms with van der Waals surface area (Å²) in [5.41, 5.74) is 2.16. The fourth-order valence-electron chi connectivity index (χ4n) is 2.44. The molecular formula is C15H20ClN3O. The van der Waals surface area contributed by atoms with Gasteiger partial charge in [-0.25, -0.2) is 0 Å². The van der Waals surface area contributed by atoms with Gasteiger partial charge in [0.05, 0.1) is 6.54 Å². The number of carbonyl (C=O) groups excluding carboxylic acids is 1. The molecule has 2 fully saturated rings. The molecule has 2 N–H and O–H groups in total. The lowest BCUT2D eigenvalue weighted by Crippen LogP contribution is -2.33. The van der Waals surface area contributed by atoms with Gasteiger partial charge in [-0.3, -0.25) is 4.79 Å². The second-order valence-corrected chi connectivity index (χ2v) is 5.96. The Bertz CT molecular complexity index is 502. The highest BCUT2D eigenvalue weighted by Crippen LogP contribution is 2.26. The molecule has 1 saturated carbocycles. The zero-order chi connectivity index (χ0) is 13.9. The van der Waals surface area contributed by atoms with Crippen molar-refractivity contribution in [2.24, 2.45) is 0 Å². The van der Waals surface area contributed by atoms with Gasteiger partial charge < -0.3 is 15.5 Å². The maximum atomic E-state index is 11.6. The van der Waals surface area contributed by atoms with E-state index in [9.17, 15) is 4.79 Å².